The molecule has 1 unspecified atom stereocenters. The van der Waals surface area contributed by atoms with Crippen molar-refractivity contribution < 1.29 is 14.3 Å². The van der Waals surface area contributed by atoms with Crippen LogP contribution in [0.3, 0.4) is 0 Å². The van der Waals surface area contributed by atoms with Crippen molar-refractivity contribution in [2.24, 2.45) is 7.05 Å². The van der Waals surface area contributed by atoms with Crippen LogP contribution in [0.4, 0.5) is 10.6 Å². The normalized spacial score (nSPS) is 20.1. The monoisotopic (exact) mass is 664 g/mol. The van der Waals surface area contributed by atoms with Gasteiger partial charge >= 0.3 is 6.09 Å². The topological polar surface area (TPSA) is 104 Å². The lowest BCUT2D eigenvalue weighted by molar-refractivity contribution is 0.0492. The number of ether oxygens (including phenoxy) is 2. The summed E-state index contributed by atoms with van der Waals surface area (Å²) < 4.78 is 15.3. The largest absolute Gasteiger partial charge is 0.444 e. The zero-order chi connectivity index (χ0) is 33.0. The number of pyridine rings is 1. The van der Waals surface area contributed by atoms with Crippen LogP contribution in [0.5, 0.6) is 0 Å². The molecular formula is C34H45ClN6O4Si. The Morgan fingerprint density at radius 1 is 1.09 bits per heavy atom. The number of aryl methyl sites for hydroxylation is 1. The fourth-order valence-corrected chi connectivity index (χ4v) is 7.82. The first-order valence-corrected chi connectivity index (χ1v) is 20.3. The van der Waals surface area contributed by atoms with Crippen molar-refractivity contribution in [2.75, 3.05) is 11.5 Å². The molecule has 1 amide bonds. The predicted octanol–water partition coefficient (Wildman–Crippen LogP) is 6.94. The van der Waals surface area contributed by atoms with Gasteiger partial charge in [-0.25, -0.2) is 14.8 Å². The van der Waals surface area contributed by atoms with Crippen LogP contribution >= 0.6 is 11.6 Å². The van der Waals surface area contributed by atoms with Gasteiger partial charge in [0, 0.05) is 74.1 Å². The van der Waals surface area contributed by atoms with Crippen LogP contribution in [0.25, 0.3) is 33.1 Å². The molecule has 3 aromatic heterocycles. The maximum absolute atomic E-state index is 12.8. The highest BCUT2D eigenvalue weighted by Gasteiger charge is 2.42. The standard InChI is InChI=1S/C34H45ClN6O4Si/c1-34(2,3)45-33(43)37-21-16-22-8-9-23(17-21)41(22)28-18-36-30-27(19-40(31(30)38-28)20-44-14-15-46(5,6)7)24-10-11-26-25(29(24)35)12-13-39(4)32(26)42/h10-13,18-19,21-23H,8-9,14-17,20H2,1-7H3,(H,37,43)/t21?,22-,23+. The molecule has 0 aliphatic carbocycles. The number of carbonyl (C=O) groups excluding carboxylic acids is 1. The van der Waals surface area contributed by atoms with E-state index in [1.807, 2.05) is 55.9 Å². The fraction of sp³-hybridized carbons (Fsp3) is 0.529. The number of rotatable bonds is 8. The number of benzene rings is 1. The van der Waals surface area contributed by atoms with E-state index in [9.17, 15) is 9.59 Å². The maximum atomic E-state index is 12.8. The Morgan fingerprint density at radius 2 is 1.80 bits per heavy atom. The number of carbonyl (C=O) groups is 1. The molecule has 12 heteroatoms. The van der Waals surface area contributed by atoms with Gasteiger partial charge in [-0.2, -0.15) is 0 Å². The molecule has 0 saturated carbocycles. The summed E-state index contributed by atoms with van der Waals surface area (Å²) in [6, 6.07) is 7.23. The number of nitrogens with one attached hydrogen (secondary N) is 1. The van der Waals surface area contributed by atoms with Gasteiger partial charge in [0.15, 0.2) is 5.65 Å². The van der Waals surface area contributed by atoms with Gasteiger partial charge in [-0.3, -0.25) is 4.79 Å². The molecule has 0 spiro atoms. The highest BCUT2D eigenvalue weighted by Crippen LogP contribution is 2.41. The molecule has 2 aliphatic rings. The third-order valence-electron chi connectivity index (χ3n) is 8.98. The summed E-state index contributed by atoms with van der Waals surface area (Å²) in [5.41, 5.74) is 2.48. The average molecular weight is 665 g/mol. The van der Waals surface area contributed by atoms with Crippen LogP contribution in [0.1, 0.15) is 46.5 Å². The first kappa shape index (κ1) is 32.5. The molecule has 46 heavy (non-hydrogen) atoms. The van der Waals surface area contributed by atoms with Gasteiger partial charge in [0.2, 0.25) is 0 Å². The van der Waals surface area contributed by atoms with Gasteiger partial charge in [-0.15, -0.1) is 0 Å². The molecule has 2 fully saturated rings. The van der Waals surface area contributed by atoms with E-state index in [2.05, 4.69) is 29.9 Å². The minimum absolute atomic E-state index is 0.0578. The number of piperidine rings is 1. The van der Waals surface area contributed by atoms with Gasteiger partial charge in [0.05, 0.1) is 11.2 Å². The van der Waals surface area contributed by atoms with Gasteiger partial charge in [0.1, 0.15) is 23.7 Å². The van der Waals surface area contributed by atoms with Crippen LogP contribution in [-0.2, 0) is 23.3 Å². The molecule has 2 bridgehead atoms. The Hall–Kier alpha value is -3.41. The van der Waals surface area contributed by atoms with Gasteiger partial charge in [-0.05, 0) is 64.6 Å². The van der Waals surface area contributed by atoms with E-state index >= 15 is 0 Å². The SMILES string of the molecule is Cn1ccc2c(Cl)c(-c3cn(COCC[Si](C)(C)C)c4nc(N5[C@@H]6CC[C@H]5CC(NC(=O)OC(C)(C)C)C6)cnc34)ccc2c1=O. The third kappa shape index (κ3) is 6.68. The minimum Gasteiger partial charge on any atom is -0.444 e. The van der Waals surface area contributed by atoms with E-state index in [0.29, 0.717) is 29.1 Å². The second kappa shape index (κ2) is 12.3. The van der Waals surface area contributed by atoms with E-state index in [1.165, 1.54) is 0 Å². The fourth-order valence-electron chi connectivity index (χ4n) is 6.74. The molecule has 3 atom stereocenters. The molecule has 10 nitrogen and oxygen atoms in total. The average Bonchev–Trinajstić information content (AvgIpc) is 3.45. The summed E-state index contributed by atoms with van der Waals surface area (Å²) in [5.74, 6) is 0.830. The van der Waals surface area contributed by atoms with Gasteiger partial charge in [-0.1, -0.05) is 37.3 Å². The third-order valence-corrected chi connectivity index (χ3v) is 11.1. The van der Waals surface area contributed by atoms with Crippen LogP contribution in [-0.4, -0.2) is 63.6 Å². The summed E-state index contributed by atoms with van der Waals surface area (Å²) in [6.45, 7) is 13.7. The smallest absolute Gasteiger partial charge is 0.407 e. The van der Waals surface area contributed by atoms with E-state index in [1.54, 1.807) is 17.8 Å². The Balaban J connectivity index is 1.33. The summed E-state index contributed by atoms with van der Waals surface area (Å²) in [5, 5.41) is 4.89. The number of amides is 1. The van der Waals surface area contributed by atoms with Crippen LogP contribution in [0.15, 0.2) is 41.6 Å². The molecule has 5 heterocycles. The molecule has 2 aliphatic heterocycles. The number of alkyl carbamates (subject to hydrolysis) is 1. The number of fused-ring (bicyclic) bond motifs is 4. The van der Waals surface area contributed by atoms with E-state index < -0.39 is 13.7 Å². The molecule has 6 rings (SSSR count). The number of anilines is 1. The molecule has 1 aromatic carbocycles. The van der Waals surface area contributed by atoms with Gasteiger partial charge < -0.3 is 28.8 Å². The number of nitrogens with zero attached hydrogens (tertiary/aromatic N) is 5. The van der Waals surface area contributed by atoms with E-state index in [-0.39, 0.29) is 29.8 Å². The molecule has 1 N–H and O–H groups in total. The Kier molecular flexibility index (Phi) is 8.71. The lowest BCUT2D eigenvalue weighted by atomic mass is 9.97. The summed E-state index contributed by atoms with van der Waals surface area (Å²) in [6.07, 6.45) is 8.98. The summed E-state index contributed by atoms with van der Waals surface area (Å²) >= 11 is 6.99. The van der Waals surface area contributed by atoms with Crippen molar-refractivity contribution in [3.63, 3.8) is 0 Å². The van der Waals surface area contributed by atoms with Crippen molar-refractivity contribution in [3.05, 3.63) is 52.2 Å². The Morgan fingerprint density at radius 3 is 2.48 bits per heavy atom. The lowest BCUT2D eigenvalue weighted by Crippen LogP contribution is -2.51. The van der Waals surface area contributed by atoms with Crippen LogP contribution < -0.4 is 15.8 Å². The number of aromatic nitrogens is 4. The maximum Gasteiger partial charge on any atom is 0.407 e. The molecular weight excluding hydrogens is 620 g/mol. The van der Waals surface area contributed by atoms with Crippen molar-refractivity contribution in [1.82, 2.24) is 24.4 Å². The van der Waals surface area contributed by atoms with Crippen molar-refractivity contribution >= 4 is 53.5 Å². The molecule has 0 radical (unpaired) electrons. The summed E-state index contributed by atoms with van der Waals surface area (Å²) in [7, 11) is 0.480. The lowest BCUT2D eigenvalue weighted by Gasteiger charge is -2.39. The Bertz CT molecular complexity index is 1830. The van der Waals surface area contributed by atoms with Crippen LogP contribution in [0, 0.1) is 0 Å². The van der Waals surface area contributed by atoms with E-state index in [4.69, 9.17) is 31.0 Å². The second-order valence-corrected chi connectivity index (χ2v) is 21.0. The first-order chi connectivity index (χ1) is 21.7. The molecule has 2 saturated heterocycles. The highest BCUT2D eigenvalue weighted by atomic mass is 35.5. The van der Waals surface area contributed by atoms with E-state index in [0.717, 1.165) is 59.8 Å². The zero-order valence-corrected chi connectivity index (χ0v) is 29.6. The summed E-state index contributed by atoms with van der Waals surface area (Å²) in [4.78, 5) is 37.9. The van der Waals surface area contributed by atoms with Crippen molar-refractivity contribution in [1.29, 1.82) is 0 Å². The number of halogens is 1. The number of hydrogen-bond donors (Lipinski definition) is 1. The van der Waals surface area contributed by atoms with Crippen LogP contribution in [0.2, 0.25) is 30.7 Å². The molecule has 246 valence electrons. The minimum atomic E-state index is -1.25. The van der Waals surface area contributed by atoms with Gasteiger partial charge in [0.25, 0.3) is 5.56 Å². The predicted molar refractivity (Wildman–Crippen MR) is 187 cm³/mol. The quantitative estimate of drug-likeness (QED) is 0.161. The first-order valence-electron chi connectivity index (χ1n) is 16.2. The second-order valence-electron chi connectivity index (χ2n) is 15.0. The van der Waals surface area contributed by atoms with Crippen molar-refractivity contribution in [2.45, 2.75) is 103 Å². The molecule has 4 aromatic rings. The van der Waals surface area contributed by atoms with Crippen molar-refractivity contribution in [3.8, 4) is 11.1 Å². The zero-order valence-electron chi connectivity index (χ0n) is 27.9. The number of hydrogen-bond acceptors (Lipinski definition) is 7. The highest BCUT2D eigenvalue weighted by molar-refractivity contribution is 6.76. The Labute approximate surface area is 276 Å².